The van der Waals surface area contributed by atoms with E-state index in [1.165, 1.54) is 6.42 Å². The van der Waals surface area contributed by atoms with Crippen LogP contribution >= 0.6 is 12.2 Å². The number of rotatable bonds is 3. The smallest absolute Gasteiger partial charge is 0.249 e. The van der Waals surface area contributed by atoms with Gasteiger partial charge in [0.15, 0.2) is 0 Å². The van der Waals surface area contributed by atoms with Crippen LogP contribution in [0.5, 0.6) is 0 Å². The molecule has 2 aliphatic rings. The lowest BCUT2D eigenvalue weighted by molar-refractivity contribution is -0.131. The first-order valence-electron chi connectivity index (χ1n) is 6.38. The van der Waals surface area contributed by atoms with Crippen molar-refractivity contribution in [2.75, 3.05) is 6.61 Å². The highest BCUT2D eigenvalue weighted by molar-refractivity contribution is 7.80. The van der Waals surface area contributed by atoms with E-state index in [1.807, 2.05) is 0 Å². The fourth-order valence-electron chi connectivity index (χ4n) is 2.69. The molecule has 96 valence electrons. The van der Waals surface area contributed by atoms with Crippen LogP contribution in [0.25, 0.3) is 0 Å². The second-order valence-corrected chi connectivity index (χ2v) is 5.44. The Balaban J connectivity index is 2.01. The van der Waals surface area contributed by atoms with E-state index >= 15 is 0 Å². The molecule has 1 saturated carbocycles. The highest BCUT2D eigenvalue weighted by Gasteiger charge is 2.38. The van der Waals surface area contributed by atoms with Gasteiger partial charge < -0.3 is 15.8 Å². The largest absolute Gasteiger partial charge is 0.391 e. The molecule has 1 aliphatic carbocycles. The van der Waals surface area contributed by atoms with Crippen LogP contribution in [0.15, 0.2) is 0 Å². The predicted octanol–water partition coefficient (Wildman–Crippen LogP) is 1.27. The van der Waals surface area contributed by atoms with Gasteiger partial charge in [0.05, 0.1) is 10.5 Å². The van der Waals surface area contributed by atoms with Gasteiger partial charge in [-0.1, -0.05) is 31.5 Å². The fourth-order valence-corrected chi connectivity index (χ4v) is 2.94. The lowest BCUT2D eigenvalue weighted by atomic mass is 9.81. The van der Waals surface area contributed by atoms with Gasteiger partial charge in [-0.3, -0.25) is 4.79 Å². The Hall–Kier alpha value is -0.680. The Morgan fingerprint density at radius 3 is 2.53 bits per heavy atom. The van der Waals surface area contributed by atoms with Gasteiger partial charge in [-0.05, 0) is 25.7 Å². The molecule has 0 bridgehead atoms. The molecule has 0 radical (unpaired) electrons. The quantitative estimate of drug-likeness (QED) is 0.746. The van der Waals surface area contributed by atoms with Crippen LogP contribution in [0.1, 0.15) is 44.9 Å². The van der Waals surface area contributed by atoms with Crippen LogP contribution in [0.4, 0.5) is 0 Å². The van der Waals surface area contributed by atoms with Crippen molar-refractivity contribution in [3.8, 4) is 0 Å². The third-order valence-corrected chi connectivity index (χ3v) is 4.15. The van der Waals surface area contributed by atoms with Gasteiger partial charge in [0, 0.05) is 6.61 Å². The van der Waals surface area contributed by atoms with E-state index in [0.717, 1.165) is 38.5 Å². The van der Waals surface area contributed by atoms with Crippen molar-refractivity contribution in [2.24, 2.45) is 5.73 Å². The number of ether oxygens (including phenoxy) is 1. The van der Waals surface area contributed by atoms with Gasteiger partial charge in [0.1, 0.15) is 6.10 Å². The van der Waals surface area contributed by atoms with E-state index in [0.29, 0.717) is 11.6 Å². The summed E-state index contributed by atoms with van der Waals surface area (Å²) in [5, 5.41) is 3.04. The summed E-state index contributed by atoms with van der Waals surface area (Å²) >= 11 is 5.14. The average Bonchev–Trinajstić information content (AvgIpc) is 2.83. The maximum Gasteiger partial charge on any atom is 0.249 e. The summed E-state index contributed by atoms with van der Waals surface area (Å²) in [4.78, 5) is 12.5. The Kier molecular flexibility index (Phi) is 3.99. The van der Waals surface area contributed by atoms with Crippen molar-refractivity contribution < 1.29 is 9.53 Å². The Morgan fingerprint density at radius 1 is 1.29 bits per heavy atom. The molecular formula is C12H20N2O2S. The zero-order valence-electron chi connectivity index (χ0n) is 10.0. The molecule has 5 heteroatoms. The standard InChI is InChI=1S/C12H20N2O2S/c13-11(17)12(6-2-1-3-7-12)14-10(15)9-5-4-8-16-9/h9H,1-8H2,(H2,13,17)(H,14,15). The number of carbonyl (C=O) groups excluding carboxylic acids is 1. The average molecular weight is 256 g/mol. The third-order valence-electron chi connectivity index (χ3n) is 3.76. The van der Waals surface area contributed by atoms with Gasteiger partial charge in [-0.2, -0.15) is 0 Å². The van der Waals surface area contributed by atoms with Crippen molar-refractivity contribution >= 4 is 23.1 Å². The van der Waals surface area contributed by atoms with Crippen molar-refractivity contribution in [2.45, 2.75) is 56.6 Å². The fraction of sp³-hybridized carbons (Fsp3) is 0.833. The van der Waals surface area contributed by atoms with Crippen molar-refractivity contribution in [3.63, 3.8) is 0 Å². The molecule has 1 heterocycles. The van der Waals surface area contributed by atoms with Crippen LogP contribution in [0, 0.1) is 0 Å². The summed E-state index contributed by atoms with van der Waals surface area (Å²) in [6.07, 6.45) is 6.52. The molecule has 1 amide bonds. The Morgan fingerprint density at radius 2 is 2.00 bits per heavy atom. The first-order valence-corrected chi connectivity index (χ1v) is 6.78. The third kappa shape index (κ3) is 2.77. The normalized spacial score (nSPS) is 27.6. The van der Waals surface area contributed by atoms with E-state index in [9.17, 15) is 4.79 Å². The number of amides is 1. The van der Waals surface area contributed by atoms with Gasteiger partial charge in [0.25, 0.3) is 0 Å². The summed E-state index contributed by atoms with van der Waals surface area (Å²) in [5.41, 5.74) is 5.36. The van der Waals surface area contributed by atoms with Gasteiger partial charge in [-0.15, -0.1) is 0 Å². The summed E-state index contributed by atoms with van der Waals surface area (Å²) in [6.45, 7) is 0.679. The zero-order chi connectivity index (χ0) is 12.3. The van der Waals surface area contributed by atoms with E-state index in [4.69, 9.17) is 22.7 Å². The Bertz CT molecular complexity index is 308. The lowest BCUT2D eigenvalue weighted by Crippen LogP contribution is -2.59. The summed E-state index contributed by atoms with van der Waals surface area (Å²) in [6, 6.07) is 0. The van der Waals surface area contributed by atoms with Gasteiger partial charge in [-0.25, -0.2) is 0 Å². The summed E-state index contributed by atoms with van der Waals surface area (Å²) in [5.74, 6) is -0.0443. The van der Waals surface area contributed by atoms with Crippen LogP contribution in [0.3, 0.4) is 0 Å². The molecule has 2 fully saturated rings. The molecule has 1 aliphatic heterocycles. The van der Waals surface area contributed by atoms with Crippen LogP contribution in [-0.2, 0) is 9.53 Å². The molecule has 1 unspecified atom stereocenters. The minimum atomic E-state index is -0.462. The molecule has 0 aromatic carbocycles. The highest BCUT2D eigenvalue weighted by Crippen LogP contribution is 2.29. The van der Waals surface area contributed by atoms with Crippen molar-refractivity contribution in [1.29, 1.82) is 0 Å². The Labute approximate surface area is 107 Å². The van der Waals surface area contributed by atoms with Gasteiger partial charge in [0.2, 0.25) is 5.91 Å². The minimum absolute atomic E-state index is 0.0443. The predicted molar refractivity (Wildman–Crippen MR) is 69.7 cm³/mol. The number of nitrogens with two attached hydrogens (primary N) is 1. The molecule has 2 rings (SSSR count). The zero-order valence-corrected chi connectivity index (χ0v) is 10.9. The maximum atomic E-state index is 12.1. The van der Waals surface area contributed by atoms with Crippen molar-refractivity contribution in [3.05, 3.63) is 0 Å². The molecule has 17 heavy (non-hydrogen) atoms. The lowest BCUT2D eigenvalue weighted by Gasteiger charge is -2.37. The van der Waals surface area contributed by atoms with E-state index in [1.54, 1.807) is 0 Å². The van der Waals surface area contributed by atoms with E-state index in [2.05, 4.69) is 5.32 Å². The van der Waals surface area contributed by atoms with Crippen molar-refractivity contribution in [1.82, 2.24) is 5.32 Å². The molecule has 0 spiro atoms. The number of carbonyl (C=O) groups is 1. The molecular weight excluding hydrogens is 236 g/mol. The monoisotopic (exact) mass is 256 g/mol. The highest BCUT2D eigenvalue weighted by atomic mass is 32.1. The number of hydrogen-bond acceptors (Lipinski definition) is 3. The second kappa shape index (κ2) is 5.31. The summed E-state index contributed by atoms with van der Waals surface area (Å²) in [7, 11) is 0. The topological polar surface area (TPSA) is 64.3 Å². The minimum Gasteiger partial charge on any atom is -0.391 e. The summed E-state index contributed by atoms with van der Waals surface area (Å²) < 4.78 is 5.38. The first kappa shape index (κ1) is 12.8. The van der Waals surface area contributed by atoms with Gasteiger partial charge >= 0.3 is 0 Å². The maximum absolute atomic E-state index is 12.1. The van der Waals surface area contributed by atoms with Crippen LogP contribution < -0.4 is 11.1 Å². The second-order valence-electron chi connectivity index (χ2n) is 5.00. The molecule has 4 nitrogen and oxygen atoms in total. The molecule has 0 aromatic rings. The number of thiocarbonyl (C=S) groups is 1. The van der Waals surface area contributed by atoms with Crippen LogP contribution in [-0.4, -0.2) is 29.1 Å². The molecule has 1 atom stereocenters. The molecule has 1 saturated heterocycles. The SMILES string of the molecule is NC(=S)C1(NC(=O)C2CCCO2)CCCCC1. The first-order chi connectivity index (χ1) is 8.14. The van der Waals surface area contributed by atoms with Crippen LogP contribution in [0.2, 0.25) is 0 Å². The number of hydrogen-bond donors (Lipinski definition) is 2. The number of nitrogens with one attached hydrogen (secondary N) is 1. The van der Waals surface area contributed by atoms with E-state index in [-0.39, 0.29) is 12.0 Å². The molecule has 3 N–H and O–H groups in total. The van der Waals surface area contributed by atoms with E-state index < -0.39 is 5.54 Å². The molecule has 0 aromatic heterocycles.